The van der Waals surface area contributed by atoms with E-state index in [0.717, 1.165) is 5.56 Å². The van der Waals surface area contributed by atoms with Gasteiger partial charge >= 0.3 is 0 Å². The van der Waals surface area contributed by atoms with E-state index in [1.54, 1.807) is 15.7 Å². The Morgan fingerprint density at radius 1 is 1.15 bits per heavy atom. The minimum atomic E-state index is -4.15. The Hall–Kier alpha value is -2.30. The Labute approximate surface area is 212 Å². The zero-order valence-corrected chi connectivity index (χ0v) is 21.0. The van der Waals surface area contributed by atoms with E-state index in [9.17, 15) is 13.2 Å². The van der Waals surface area contributed by atoms with Crippen LogP contribution in [0.3, 0.4) is 0 Å². The molecule has 0 spiro atoms. The molecule has 180 valence electrons. The van der Waals surface area contributed by atoms with Crippen LogP contribution in [0.25, 0.3) is 0 Å². The second-order valence-electron chi connectivity index (χ2n) is 7.93. The molecule has 2 aromatic carbocycles. The van der Waals surface area contributed by atoms with Crippen molar-refractivity contribution >= 4 is 56.4 Å². The van der Waals surface area contributed by atoms with Gasteiger partial charge in [-0.2, -0.15) is 4.72 Å². The number of hydrogen-bond acceptors (Lipinski definition) is 5. The van der Waals surface area contributed by atoms with Crippen molar-refractivity contribution in [2.24, 2.45) is 0 Å². The Morgan fingerprint density at radius 2 is 1.82 bits per heavy atom. The van der Waals surface area contributed by atoms with E-state index in [-0.39, 0.29) is 44.8 Å². The molecule has 0 saturated carbocycles. The third-order valence-electron chi connectivity index (χ3n) is 5.72. The van der Waals surface area contributed by atoms with Gasteiger partial charge in [0.2, 0.25) is 21.2 Å². The first-order chi connectivity index (χ1) is 16.2. The van der Waals surface area contributed by atoms with Crippen LogP contribution in [0, 0.1) is 0 Å². The number of fused-ring (bicyclic) bond motifs is 1. The molecule has 4 rings (SSSR count). The molecular formula is C22H22Cl3N5O3S. The molecule has 1 atom stereocenters. The summed E-state index contributed by atoms with van der Waals surface area (Å²) in [5.41, 5.74) is 8.04. The standard InChI is InChI=1S/C22H22Cl3N5O3S/c23-17-11-16(12-18(24)20(17)26)34(32,33)28-19(6-9-29-10-7-27-22(29)25)21(31)30-8-5-14-3-1-2-4-15(14)13-30/h1-4,7,10-12,19,28H,5-6,8-9,13,26H2. The topological polar surface area (TPSA) is 110 Å². The van der Waals surface area contributed by atoms with Crippen molar-refractivity contribution in [3.63, 3.8) is 0 Å². The molecule has 1 aromatic heterocycles. The van der Waals surface area contributed by atoms with Crippen molar-refractivity contribution < 1.29 is 13.2 Å². The summed E-state index contributed by atoms with van der Waals surface area (Å²) < 4.78 is 30.5. The monoisotopic (exact) mass is 541 g/mol. The van der Waals surface area contributed by atoms with Crippen molar-refractivity contribution in [1.29, 1.82) is 0 Å². The number of aryl methyl sites for hydroxylation is 1. The molecular weight excluding hydrogens is 521 g/mol. The Kier molecular flexibility index (Phi) is 7.39. The summed E-state index contributed by atoms with van der Waals surface area (Å²) in [6.07, 6.45) is 4.04. The first-order valence-corrected chi connectivity index (χ1v) is 13.1. The second-order valence-corrected chi connectivity index (χ2v) is 10.8. The number of benzene rings is 2. The molecule has 1 unspecified atom stereocenters. The van der Waals surface area contributed by atoms with Crippen molar-refractivity contribution in [3.05, 3.63) is 75.2 Å². The summed E-state index contributed by atoms with van der Waals surface area (Å²) in [4.78, 5) is 19.0. The van der Waals surface area contributed by atoms with Gasteiger partial charge in [0.1, 0.15) is 6.04 Å². The van der Waals surface area contributed by atoms with Crippen LogP contribution in [0.2, 0.25) is 15.3 Å². The zero-order valence-electron chi connectivity index (χ0n) is 17.9. The number of hydrogen-bond donors (Lipinski definition) is 2. The normalized spacial score (nSPS) is 14.6. The number of imidazole rings is 1. The van der Waals surface area contributed by atoms with Crippen molar-refractivity contribution in [1.82, 2.24) is 19.2 Å². The number of sulfonamides is 1. The smallest absolute Gasteiger partial charge is 0.241 e. The molecule has 0 radical (unpaired) electrons. The SMILES string of the molecule is Nc1c(Cl)cc(S(=O)(=O)NC(CCn2ccnc2Cl)C(=O)N2CCc3ccccc3C2)cc1Cl. The lowest BCUT2D eigenvalue weighted by atomic mass is 9.99. The molecule has 0 saturated heterocycles. The number of rotatable bonds is 7. The van der Waals surface area contributed by atoms with E-state index in [0.29, 0.717) is 19.5 Å². The third kappa shape index (κ3) is 5.34. The first-order valence-electron chi connectivity index (χ1n) is 10.4. The average molecular weight is 543 g/mol. The van der Waals surface area contributed by atoms with Gasteiger partial charge in [-0.1, -0.05) is 47.5 Å². The number of carbonyl (C=O) groups excluding carboxylic acids is 1. The van der Waals surface area contributed by atoms with Gasteiger partial charge in [0.05, 0.1) is 20.6 Å². The molecule has 1 amide bonds. The molecule has 1 aliphatic rings. The lowest BCUT2D eigenvalue weighted by molar-refractivity contribution is -0.134. The molecule has 3 aromatic rings. The summed E-state index contributed by atoms with van der Waals surface area (Å²) in [6, 6.07) is 9.24. The number of halogens is 3. The number of nitrogens with two attached hydrogens (primary N) is 1. The van der Waals surface area contributed by atoms with E-state index in [4.69, 9.17) is 40.5 Å². The fourth-order valence-electron chi connectivity index (χ4n) is 3.85. The van der Waals surface area contributed by atoms with Gasteiger partial charge < -0.3 is 15.2 Å². The van der Waals surface area contributed by atoms with Crippen LogP contribution in [0.1, 0.15) is 17.5 Å². The Balaban J connectivity index is 1.60. The zero-order chi connectivity index (χ0) is 24.5. The molecule has 0 aliphatic carbocycles. The average Bonchev–Trinajstić information content (AvgIpc) is 3.23. The highest BCUT2D eigenvalue weighted by molar-refractivity contribution is 7.89. The molecule has 0 fully saturated rings. The summed E-state index contributed by atoms with van der Waals surface area (Å²) in [5, 5.41) is 0.264. The Bertz CT molecular complexity index is 1310. The molecule has 2 heterocycles. The van der Waals surface area contributed by atoms with Crippen LogP contribution in [0.5, 0.6) is 0 Å². The fraction of sp³-hybridized carbons (Fsp3) is 0.273. The highest BCUT2D eigenvalue weighted by atomic mass is 35.5. The van der Waals surface area contributed by atoms with Crippen LogP contribution in [-0.2, 0) is 34.3 Å². The molecule has 8 nitrogen and oxygen atoms in total. The maximum atomic E-state index is 13.5. The summed E-state index contributed by atoms with van der Waals surface area (Å²) >= 11 is 18.1. The van der Waals surface area contributed by atoms with Crippen molar-refractivity contribution in [3.8, 4) is 0 Å². The molecule has 3 N–H and O–H groups in total. The number of carbonyl (C=O) groups is 1. The summed E-state index contributed by atoms with van der Waals surface area (Å²) in [7, 11) is -4.15. The predicted octanol–water partition coefficient (Wildman–Crippen LogP) is 3.75. The lowest BCUT2D eigenvalue weighted by Crippen LogP contribution is -2.50. The minimum absolute atomic E-state index is 0.00795. The molecule has 0 bridgehead atoms. The van der Waals surface area contributed by atoms with Crippen LogP contribution in [0.15, 0.2) is 53.7 Å². The van der Waals surface area contributed by atoms with Crippen LogP contribution >= 0.6 is 34.8 Å². The van der Waals surface area contributed by atoms with E-state index in [1.165, 1.54) is 23.9 Å². The van der Waals surface area contributed by atoms with Gasteiger partial charge in [0.25, 0.3) is 0 Å². The van der Waals surface area contributed by atoms with E-state index in [1.807, 2.05) is 24.3 Å². The van der Waals surface area contributed by atoms with E-state index in [2.05, 4.69) is 9.71 Å². The van der Waals surface area contributed by atoms with Crippen LogP contribution in [-0.4, -0.2) is 41.4 Å². The lowest BCUT2D eigenvalue weighted by Gasteiger charge is -2.32. The van der Waals surface area contributed by atoms with Crippen molar-refractivity contribution in [2.75, 3.05) is 12.3 Å². The van der Waals surface area contributed by atoms with Gasteiger partial charge in [-0.05, 0) is 47.7 Å². The predicted molar refractivity (Wildman–Crippen MR) is 132 cm³/mol. The van der Waals surface area contributed by atoms with E-state index < -0.39 is 16.1 Å². The maximum absolute atomic E-state index is 13.5. The molecule has 34 heavy (non-hydrogen) atoms. The second kappa shape index (κ2) is 10.1. The first kappa shape index (κ1) is 24.8. The largest absolute Gasteiger partial charge is 0.396 e. The summed E-state index contributed by atoms with van der Waals surface area (Å²) in [5.74, 6) is -0.332. The minimum Gasteiger partial charge on any atom is -0.396 e. The maximum Gasteiger partial charge on any atom is 0.241 e. The van der Waals surface area contributed by atoms with Gasteiger partial charge in [0, 0.05) is 32.0 Å². The number of anilines is 1. The number of nitrogen functional groups attached to an aromatic ring is 1. The highest BCUT2D eigenvalue weighted by Crippen LogP contribution is 2.31. The van der Waals surface area contributed by atoms with Crippen LogP contribution < -0.4 is 10.5 Å². The number of nitrogens with one attached hydrogen (secondary N) is 1. The van der Waals surface area contributed by atoms with Gasteiger partial charge in [-0.3, -0.25) is 4.79 Å². The highest BCUT2D eigenvalue weighted by Gasteiger charge is 2.31. The van der Waals surface area contributed by atoms with Gasteiger partial charge in [0.15, 0.2) is 0 Å². The van der Waals surface area contributed by atoms with Crippen molar-refractivity contribution in [2.45, 2.75) is 36.9 Å². The summed E-state index contributed by atoms with van der Waals surface area (Å²) in [6.45, 7) is 1.17. The number of nitrogens with zero attached hydrogens (tertiary/aromatic N) is 3. The van der Waals surface area contributed by atoms with Crippen LogP contribution in [0.4, 0.5) is 5.69 Å². The molecule has 1 aliphatic heterocycles. The number of aromatic nitrogens is 2. The Morgan fingerprint density at radius 3 is 2.47 bits per heavy atom. The van der Waals surface area contributed by atoms with Gasteiger partial charge in [-0.25, -0.2) is 13.4 Å². The quantitative estimate of drug-likeness (QED) is 0.442. The third-order valence-corrected chi connectivity index (χ3v) is 8.12. The number of amides is 1. The molecule has 12 heteroatoms. The van der Waals surface area contributed by atoms with E-state index >= 15 is 0 Å². The fourth-order valence-corrected chi connectivity index (χ4v) is 5.94. The van der Waals surface area contributed by atoms with Gasteiger partial charge in [-0.15, -0.1) is 0 Å².